The van der Waals surface area contributed by atoms with Crippen LogP contribution in [0.25, 0.3) is 10.8 Å². The molecule has 0 bridgehead atoms. The Bertz CT molecular complexity index is 555. The number of carbonyl (C=O) groups excluding carboxylic acids is 1. The third kappa shape index (κ3) is 1.14. The highest BCUT2D eigenvalue weighted by atomic mass is 16.1. The number of hydrogen-bond donors (Lipinski definition) is 0. The molecule has 1 aromatic heterocycles. The van der Waals surface area contributed by atoms with Gasteiger partial charge in [-0.1, -0.05) is 18.2 Å². The number of pyridine rings is 1. The van der Waals surface area contributed by atoms with Crippen LogP contribution in [0.3, 0.4) is 0 Å². The van der Waals surface area contributed by atoms with E-state index in [4.69, 9.17) is 0 Å². The number of carbonyl (C=O) groups is 1. The molecule has 0 saturated carbocycles. The summed E-state index contributed by atoms with van der Waals surface area (Å²) in [6, 6.07) is 7.11. The van der Waals surface area contributed by atoms with E-state index in [1.54, 1.807) is 31.4 Å². The fraction of sp³-hybridized carbons (Fsp3) is 0.0909. The molecule has 0 spiro atoms. The molecule has 2 aromatic rings. The highest BCUT2D eigenvalue weighted by molar-refractivity contribution is 5.97. The van der Waals surface area contributed by atoms with Gasteiger partial charge in [-0.3, -0.25) is 9.59 Å². The van der Waals surface area contributed by atoms with E-state index in [2.05, 4.69) is 0 Å². The predicted octanol–water partition coefficient (Wildman–Crippen LogP) is 1.35. The van der Waals surface area contributed by atoms with Gasteiger partial charge in [-0.2, -0.15) is 0 Å². The lowest BCUT2D eigenvalue weighted by molar-refractivity contribution is 0.112. The summed E-state index contributed by atoms with van der Waals surface area (Å²) in [6.07, 6.45) is 2.32. The van der Waals surface area contributed by atoms with Crippen molar-refractivity contribution in [2.45, 2.75) is 0 Å². The molecule has 14 heavy (non-hydrogen) atoms. The lowest BCUT2D eigenvalue weighted by atomic mass is 10.1. The van der Waals surface area contributed by atoms with Gasteiger partial charge < -0.3 is 4.57 Å². The molecule has 0 saturated heterocycles. The van der Waals surface area contributed by atoms with Crippen LogP contribution in [0.1, 0.15) is 10.4 Å². The second-order valence-corrected chi connectivity index (χ2v) is 3.16. The van der Waals surface area contributed by atoms with Crippen molar-refractivity contribution in [2.24, 2.45) is 7.05 Å². The molecule has 0 atom stereocenters. The van der Waals surface area contributed by atoms with E-state index in [1.807, 2.05) is 6.07 Å². The van der Waals surface area contributed by atoms with Crippen molar-refractivity contribution >= 4 is 17.1 Å². The minimum Gasteiger partial charge on any atom is -0.317 e. The van der Waals surface area contributed by atoms with Gasteiger partial charge in [0.2, 0.25) is 0 Å². The Morgan fingerprint density at radius 2 is 1.86 bits per heavy atom. The average Bonchev–Trinajstić information content (AvgIpc) is 2.23. The van der Waals surface area contributed by atoms with Crippen LogP contribution < -0.4 is 5.56 Å². The standard InChI is InChI=1S/C11H9NO2/c1-12-6-8(7-13)9-4-2-3-5-10(9)11(12)14/h2-7H,1H3. The largest absolute Gasteiger partial charge is 0.317 e. The van der Waals surface area contributed by atoms with Crippen molar-refractivity contribution < 1.29 is 4.79 Å². The number of aromatic nitrogens is 1. The number of aryl methyl sites for hydroxylation is 1. The minimum atomic E-state index is -0.0776. The average molecular weight is 187 g/mol. The number of aldehydes is 1. The number of fused-ring (bicyclic) bond motifs is 1. The van der Waals surface area contributed by atoms with Crippen LogP contribution in [0.15, 0.2) is 35.3 Å². The van der Waals surface area contributed by atoms with E-state index in [0.29, 0.717) is 16.3 Å². The Balaban J connectivity index is 3.04. The molecule has 0 radical (unpaired) electrons. The van der Waals surface area contributed by atoms with Gasteiger partial charge in [0.1, 0.15) is 0 Å². The van der Waals surface area contributed by atoms with Crippen molar-refractivity contribution in [3.8, 4) is 0 Å². The smallest absolute Gasteiger partial charge is 0.258 e. The molecule has 1 heterocycles. The molecule has 0 unspecified atom stereocenters. The molecule has 70 valence electrons. The maximum Gasteiger partial charge on any atom is 0.258 e. The van der Waals surface area contributed by atoms with Crippen molar-refractivity contribution in [3.05, 3.63) is 46.4 Å². The topological polar surface area (TPSA) is 39.1 Å². The summed E-state index contributed by atoms with van der Waals surface area (Å²) in [5.74, 6) is 0. The Morgan fingerprint density at radius 1 is 1.21 bits per heavy atom. The van der Waals surface area contributed by atoms with Gasteiger partial charge in [0.05, 0.1) is 0 Å². The van der Waals surface area contributed by atoms with Crippen LogP contribution in [0.2, 0.25) is 0 Å². The fourth-order valence-electron chi connectivity index (χ4n) is 1.54. The van der Waals surface area contributed by atoms with Gasteiger partial charge in [-0.25, -0.2) is 0 Å². The molecule has 3 heteroatoms. The predicted molar refractivity (Wildman–Crippen MR) is 54.6 cm³/mol. The molecule has 0 aliphatic heterocycles. The van der Waals surface area contributed by atoms with Crippen molar-refractivity contribution in [3.63, 3.8) is 0 Å². The van der Waals surface area contributed by atoms with Crippen LogP contribution in [-0.2, 0) is 7.05 Å². The van der Waals surface area contributed by atoms with Crippen molar-refractivity contribution in [1.82, 2.24) is 4.57 Å². The van der Waals surface area contributed by atoms with Crippen LogP contribution in [0, 0.1) is 0 Å². The summed E-state index contributed by atoms with van der Waals surface area (Å²) < 4.78 is 1.42. The molecule has 2 rings (SSSR count). The summed E-state index contributed by atoms with van der Waals surface area (Å²) in [6.45, 7) is 0. The molecule has 0 fully saturated rings. The van der Waals surface area contributed by atoms with E-state index in [9.17, 15) is 9.59 Å². The number of hydrogen-bond acceptors (Lipinski definition) is 2. The number of benzene rings is 1. The van der Waals surface area contributed by atoms with Crippen LogP contribution >= 0.6 is 0 Å². The lowest BCUT2D eigenvalue weighted by Gasteiger charge is -2.03. The summed E-state index contributed by atoms with van der Waals surface area (Å²) in [5.41, 5.74) is 0.467. The monoisotopic (exact) mass is 187 g/mol. The summed E-state index contributed by atoms with van der Waals surface area (Å²) in [5, 5.41) is 1.30. The molecule has 1 aromatic carbocycles. The zero-order valence-electron chi connectivity index (χ0n) is 7.73. The van der Waals surface area contributed by atoms with Crippen LogP contribution in [0.5, 0.6) is 0 Å². The first kappa shape index (κ1) is 8.69. The first-order valence-corrected chi connectivity index (χ1v) is 4.27. The Kier molecular flexibility index (Phi) is 1.93. The molecule has 0 amide bonds. The van der Waals surface area contributed by atoms with E-state index in [0.717, 1.165) is 6.29 Å². The first-order chi connectivity index (χ1) is 6.74. The van der Waals surface area contributed by atoms with Gasteiger partial charge in [0, 0.05) is 24.2 Å². The molecule has 3 nitrogen and oxygen atoms in total. The third-order valence-corrected chi connectivity index (χ3v) is 2.25. The SMILES string of the molecule is Cn1cc(C=O)c2ccccc2c1=O. The van der Waals surface area contributed by atoms with E-state index >= 15 is 0 Å². The Morgan fingerprint density at radius 3 is 2.50 bits per heavy atom. The zero-order valence-corrected chi connectivity index (χ0v) is 7.73. The third-order valence-electron chi connectivity index (χ3n) is 2.25. The van der Waals surface area contributed by atoms with Crippen LogP contribution in [-0.4, -0.2) is 10.9 Å². The highest BCUT2D eigenvalue weighted by Gasteiger charge is 2.04. The highest BCUT2D eigenvalue weighted by Crippen LogP contribution is 2.12. The molecular weight excluding hydrogens is 178 g/mol. The Labute approximate surface area is 80.6 Å². The van der Waals surface area contributed by atoms with Crippen LogP contribution in [0.4, 0.5) is 0 Å². The first-order valence-electron chi connectivity index (χ1n) is 4.27. The molecular formula is C11H9NO2. The minimum absolute atomic E-state index is 0.0776. The normalized spacial score (nSPS) is 10.4. The quantitative estimate of drug-likeness (QED) is 0.632. The van der Waals surface area contributed by atoms with Gasteiger partial charge in [0.15, 0.2) is 6.29 Å². The summed E-state index contributed by atoms with van der Waals surface area (Å²) in [7, 11) is 1.64. The zero-order chi connectivity index (χ0) is 10.1. The summed E-state index contributed by atoms with van der Waals surface area (Å²) in [4.78, 5) is 22.4. The van der Waals surface area contributed by atoms with E-state index < -0.39 is 0 Å². The van der Waals surface area contributed by atoms with Gasteiger partial charge in [-0.15, -0.1) is 0 Å². The second-order valence-electron chi connectivity index (χ2n) is 3.16. The summed E-state index contributed by atoms with van der Waals surface area (Å²) >= 11 is 0. The maximum atomic E-state index is 11.6. The molecule has 0 aliphatic rings. The number of nitrogens with zero attached hydrogens (tertiary/aromatic N) is 1. The molecule has 0 aliphatic carbocycles. The van der Waals surface area contributed by atoms with Crippen molar-refractivity contribution in [1.29, 1.82) is 0 Å². The van der Waals surface area contributed by atoms with E-state index in [-0.39, 0.29) is 5.56 Å². The van der Waals surface area contributed by atoms with Crippen molar-refractivity contribution in [2.75, 3.05) is 0 Å². The Hall–Kier alpha value is -1.90. The lowest BCUT2D eigenvalue weighted by Crippen LogP contribution is -2.17. The fourth-order valence-corrected chi connectivity index (χ4v) is 1.54. The van der Waals surface area contributed by atoms with E-state index in [1.165, 1.54) is 4.57 Å². The second kappa shape index (κ2) is 3.10. The number of rotatable bonds is 1. The van der Waals surface area contributed by atoms with Gasteiger partial charge >= 0.3 is 0 Å². The maximum absolute atomic E-state index is 11.6. The van der Waals surface area contributed by atoms with Gasteiger partial charge in [0.25, 0.3) is 5.56 Å². The van der Waals surface area contributed by atoms with Gasteiger partial charge in [-0.05, 0) is 11.5 Å². The molecule has 0 N–H and O–H groups in total.